The third-order valence-electron chi connectivity index (χ3n) is 4.54. The Labute approximate surface area is 201 Å². The molecule has 172 valence electrons. The van der Waals surface area contributed by atoms with Crippen molar-refractivity contribution in [1.82, 2.24) is 5.43 Å². The molecule has 0 aliphatic heterocycles. The van der Waals surface area contributed by atoms with Crippen LogP contribution in [0.4, 0.5) is 5.69 Å². The van der Waals surface area contributed by atoms with Crippen LogP contribution in [0.1, 0.15) is 5.56 Å². The molecule has 0 saturated carbocycles. The second kappa shape index (κ2) is 11.0. The summed E-state index contributed by atoms with van der Waals surface area (Å²) in [5.74, 6) is 0.251. The van der Waals surface area contributed by atoms with Crippen molar-refractivity contribution >= 4 is 43.8 Å². The molecule has 3 rings (SSSR count). The number of halogens is 1. The average Bonchev–Trinajstić information content (AvgIpc) is 2.83. The van der Waals surface area contributed by atoms with E-state index in [1.165, 1.54) is 19.4 Å². The van der Waals surface area contributed by atoms with Crippen LogP contribution >= 0.6 is 15.9 Å². The first-order valence-electron chi connectivity index (χ1n) is 9.72. The maximum absolute atomic E-state index is 13.6. The first kappa shape index (κ1) is 24.3. The Kier molecular flexibility index (Phi) is 8.07. The minimum Gasteiger partial charge on any atom is -0.497 e. The molecule has 1 N–H and O–H groups in total. The Morgan fingerprint density at radius 2 is 1.73 bits per heavy atom. The molecule has 0 heterocycles. The second-order valence-corrected chi connectivity index (χ2v) is 9.46. The molecule has 0 aromatic heterocycles. The number of sulfonamides is 1. The minimum absolute atomic E-state index is 0.0715. The molecule has 0 unspecified atom stereocenters. The fourth-order valence-electron chi connectivity index (χ4n) is 2.91. The molecule has 0 saturated heterocycles. The SMILES string of the molecule is COc1ccc(/C=N\NC(=O)CN(c2ccccc2)S(=O)(=O)c2cc(Br)ccc2OC)cc1. The van der Waals surface area contributed by atoms with Gasteiger partial charge in [0.15, 0.2) is 0 Å². The molecule has 0 spiro atoms. The molecular formula is C23H22BrN3O5S. The van der Waals surface area contributed by atoms with E-state index in [2.05, 4.69) is 26.5 Å². The number of amides is 1. The standard InChI is InChI=1S/C23H22BrN3O5S/c1-31-20-11-8-17(9-12-20)15-25-26-23(28)16-27(19-6-4-3-5-7-19)33(29,30)22-14-18(24)10-13-21(22)32-2/h3-15H,16H2,1-2H3,(H,26,28)/b25-15-. The van der Waals surface area contributed by atoms with Crippen LogP contribution in [-0.2, 0) is 14.8 Å². The summed E-state index contributed by atoms with van der Waals surface area (Å²) in [6.45, 7) is -0.484. The predicted octanol–water partition coefficient (Wildman–Crippen LogP) is 3.81. The molecule has 0 radical (unpaired) electrons. The lowest BCUT2D eigenvalue weighted by Gasteiger charge is -2.24. The Morgan fingerprint density at radius 3 is 2.36 bits per heavy atom. The predicted molar refractivity (Wildman–Crippen MR) is 130 cm³/mol. The van der Waals surface area contributed by atoms with Crippen LogP contribution in [0.25, 0.3) is 0 Å². The number of hydrogen-bond acceptors (Lipinski definition) is 6. The fraction of sp³-hybridized carbons (Fsp3) is 0.130. The van der Waals surface area contributed by atoms with E-state index in [0.29, 0.717) is 15.9 Å². The lowest BCUT2D eigenvalue weighted by molar-refractivity contribution is -0.119. The average molecular weight is 532 g/mol. The number of rotatable bonds is 9. The van der Waals surface area contributed by atoms with Gasteiger partial charge in [0.25, 0.3) is 15.9 Å². The summed E-state index contributed by atoms with van der Waals surface area (Å²) in [5.41, 5.74) is 3.44. The van der Waals surface area contributed by atoms with Crippen molar-refractivity contribution in [2.75, 3.05) is 25.1 Å². The molecule has 33 heavy (non-hydrogen) atoms. The highest BCUT2D eigenvalue weighted by Gasteiger charge is 2.30. The van der Waals surface area contributed by atoms with Crippen molar-refractivity contribution in [3.63, 3.8) is 0 Å². The van der Waals surface area contributed by atoms with Crippen LogP contribution in [0.3, 0.4) is 0 Å². The number of hydrazone groups is 1. The van der Waals surface area contributed by atoms with E-state index >= 15 is 0 Å². The summed E-state index contributed by atoms with van der Waals surface area (Å²) in [5, 5.41) is 3.93. The highest BCUT2D eigenvalue weighted by molar-refractivity contribution is 9.10. The number of benzene rings is 3. The van der Waals surface area contributed by atoms with Crippen molar-refractivity contribution in [2.45, 2.75) is 4.90 Å². The highest BCUT2D eigenvalue weighted by atomic mass is 79.9. The summed E-state index contributed by atoms with van der Waals surface area (Å²) in [6, 6.07) is 20.1. The normalized spacial score (nSPS) is 11.2. The number of methoxy groups -OCH3 is 2. The third kappa shape index (κ3) is 6.11. The molecule has 3 aromatic rings. The molecule has 0 fully saturated rings. The van der Waals surface area contributed by atoms with E-state index in [4.69, 9.17) is 9.47 Å². The zero-order valence-electron chi connectivity index (χ0n) is 17.9. The lowest BCUT2D eigenvalue weighted by atomic mass is 10.2. The Balaban J connectivity index is 1.85. The number of carbonyl (C=O) groups excluding carboxylic acids is 1. The van der Waals surface area contributed by atoms with Gasteiger partial charge in [-0.2, -0.15) is 5.10 Å². The molecular weight excluding hydrogens is 510 g/mol. The number of para-hydroxylation sites is 1. The van der Waals surface area contributed by atoms with Crippen molar-refractivity contribution in [3.8, 4) is 11.5 Å². The fourth-order valence-corrected chi connectivity index (χ4v) is 5.03. The lowest BCUT2D eigenvalue weighted by Crippen LogP contribution is -2.39. The maximum atomic E-state index is 13.6. The van der Waals surface area contributed by atoms with Gasteiger partial charge < -0.3 is 9.47 Å². The Morgan fingerprint density at radius 1 is 1.03 bits per heavy atom. The van der Waals surface area contributed by atoms with Crippen molar-refractivity contribution in [1.29, 1.82) is 0 Å². The zero-order chi connectivity index (χ0) is 23.8. The van der Waals surface area contributed by atoms with E-state index in [1.54, 1.807) is 73.8 Å². The van der Waals surface area contributed by atoms with Crippen molar-refractivity contribution in [2.24, 2.45) is 5.10 Å². The van der Waals surface area contributed by atoms with Crippen LogP contribution in [0.15, 0.2) is 87.3 Å². The first-order valence-corrected chi connectivity index (χ1v) is 12.0. The van der Waals surface area contributed by atoms with Gasteiger partial charge >= 0.3 is 0 Å². The zero-order valence-corrected chi connectivity index (χ0v) is 20.3. The third-order valence-corrected chi connectivity index (χ3v) is 6.83. The van der Waals surface area contributed by atoms with Crippen LogP contribution < -0.4 is 19.2 Å². The number of ether oxygens (including phenoxy) is 2. The molecule has 10 heteroatoms. The monoisotopic (exact) mass is 531 g/mol. The first-order chi connectivity index (χ1) is 15.8. The summed E-state index contributed by atoms with van der Waals surface area (Å²) < 4.78 is 39.0. The van der Waals surface area contributed by atoms with Gasteiger partial charge in [0, 0.05) is 4.47 Å². The van der Waals surface area contributed by atoms with Gasteiger partial charge in [-0.1, -0.05) is 34.1 Å². The van der Waals surface area contributed by atoms with Crippen LogP contribution in [0, 0.1) is 0 Å². The van der Waals surface area contributed by atoms with Crippen LogP contribution in [0.2, 0.25) is 0 Å². The summed E-state index contributed by atoms with van der Waals surface area (Å²) in [4.78, 5) is 12.6. The molecule has 0 aliphatic carbocycles. The summed E-state index contributed by atoms with van der Waals surface area (Å²) >= 11 is 3.29. The number of hydrogen-bond donors (Lipinski definition) is 1. The van der Waals surface area contributed by atoms with E-state index in [-0.39, 0.29) is 10.6 Å². The summed E-state index contributed by atoms with van der Waals surface area (Å²) in [6.07, 6.45) is 1.45. The molecule has 3 aromatic carbocycles. The molecule has 0 bridgehead atoms. The number of nitrogens with zero attached hydrogens (tertiary/aromatic N) is 2. The van der Waals surface area contributed by atoms with Gasteiger partial charge in [-0.05, 0) is 60.2 Å². The molecule has 1 amide bonds. The van der Waals surface area contributed by atoms with E-state index in [0.717, 1.165) is 9.87 Å². The highest BCUT2D eigenvalue weighted by Crippen LogP contribution is 2.32. The number of nitrogens with one attached hydrogen (secondary N) is 1. The summed E-state index contributed by atoms with van der Waals surface area (Å²) in [7, 11) is -1.19. The van der Waals surface area contributed by atoms with Gasteiger partial charge in [0.05, 0.1) is 26.1 Å². The second-order valence-electron chi connectivity index (χ2n) is 6.71. The molecule has 0 atom stereocenters. The van der Waals surface area contributed by atoms with Gasteiger partial charge in [0.1, 0.15) is 22.9 Å². The van der Waals surface area contributed by atoms with Gasteiger partial charge in [-0.25, -0.2) is 13.8 Å². The van der Waals surface area contributed by atoms with Crippen molar-refractivity contribution in [3.05, 3.63) is 82.8 Å². The smallest absolute Gasteiger partial charge is 0.268 e. The topological polar surface area (TPSA) is 97.3 Å². The molecule has 0 aliphatic rings. The van der Waals surface area contributed by atoms with Crippen LogP contribution in [-0.4, -0.2) is 41.3 Å². The minimum atomic E-state index is -4.15. The van der Waals surface area contributed by atoms with Crippen LogP contribution in [0.5, 0.6) is 11.5 Å². The Hall–Kier alpha value is -3.37. The largest absolute Gasteiger partial charge is 0.497 e. The number of anilines is 1. The van der Waals surface area contributed by atoms with Gasteiger partial charge in [-0.15, -0.1) is 0 Å². The number of carbonyl (C=O) groups is 1. The van der Waals surface area contributed by atoms with Gasteiger partial charge in [0.2, 0.25) is 0 Å². The molecule has 8 nitrogen and oxygen atoms in total. The van der Waals surface area contributed by atoms with Gasteiger partial charge in [-0.3, -0.25) is 9.10 Å². The van der Waals surface area contributed by atoms with E-state index < -0.39 is 22.5 Å². The Bertz CT molecular complexity index is 1230. The maximum Gasteiger partial charge on any atom is 0.268 e. The quantitative estimate of drug-likeness (QED) is 0.334. The van der Waals surface area contributed by atoms with Crippen molar-refractivity contribution < 1.29 is 22.7 Å². The van der Waals surface area contributed by atoms with E-state index in [1.807, 2.05) is 0 Å². The van der Waals surface area contributed by atoms with E-state index in [9.17, 15) is 13.2 Å².